The van der Waals surface area contributed by atoms with Gasteiger partial charge in [0, 0.05) is 26.0 Å². The standard InChI is InChI=1S/C13H19N5O2S/c1-3-7-14-12-5-4-8-15-13(12)21(19,20)16-10-11-6-9-18(2)17-11/h4-6,8-9,14,16H,3,7,10H2,1-2H3. The fraction of sp³-hybridized carbons (Fsp3) is 0.385. The summed E-state index contributed by atoms with van der Waals surface area (Å²) in [5.74, 6) is 0. The summed E-state index contributed by atoms with van der Waals surface area (Å²) in [7, 11) is -1.90. The molecule has 2 aromatic heterocycles. The van der Waals surface area contributed by atoms with E-state index in [4.69, 9.17) is 0 Å². The van der Waals surface area contributed by atoms with Gasteiger partial charge in [-0.05, 0) is 24.6 Å². The first kappa shape index (κ1) is 15.5. The van der Waals surface area contributed by atoms with Crippen molar-refractivity contribution in [2.75, 3.05) is 11.9 Å². The summed E-state index contributed by atoms with van der Waals surface area (Å²) in [4.78, 5) is 3.98. The molecule has 2 rings (SSSR count). The Hall–Kier alpha value is -1.93. The van der Waals surface area contributed by atoms with Gasteiger partial charge in [-0.15, -0.1) is 0 Å². The van der Waals surface area contributed by atoms with Crippen LogP contribution in [0.15, 0.2) is 35.6 Å². The summed E-state index contributed by atoms with van der Waals surface area (Å²) in [5.41, 5.74) is 1.16. The average molecular weight is 309 g/mol. The van der Waals surface area contributed by atoms with Crippen molar-refractivity contribution in [3.05, 3.63) is 36.3 Å². The minimum absolute atomic E-state index is 0.00869. The lowest BCUT2D eigenvalue weighted by atomic mass is 10.4. The van der Waals surface area contributed by atoms with E-state index < -0.39 is 10.0 Å². The zero-order valence-electron chi connectivity index (χ0n) is 12.1. The van der Waals surface area contributed by atoms with E-state index in [0.29, 0.717) is 17.9 Å². The summed E-state index contributed by atoms with van der Waals surface area (Å²) in [6.45, 7) is 2.83. The molecule has 0 fully saturated rings. The Morgan fingerprint density at radius 3 is 2.81 bits per heavy atom. The Morgan fingerprint density at radius 2 is 2.14 bits per heavy atom. The molecule has 2 N–H and O–H groups in total. The Labute approximate surface area is 124 Å². The predicted molar refractivity (Wildman–Crippen MR) is 80.3 cm³/mol. The van der Waals surface area contributed by atoms with E-state index in [0.717, 1.165) is 6.42 Å². The summed E-state index contributed by atoms with van der Waals surface area (Å²) >= 11 is 0. The SMILES string of the molecule is CCCNc1cccnc1S(=O)(=O)NCc1ccn(C)n1. The molecule has 0 atom stereocenters. The molecule has 0 aliphatic rings. The van der Waals surface area contributed by atoms with Crippen molar-refractivity contribution in [3.63, 3.8) is 0 Å². The third-order valence-electron chi connectivity index (χ3n) is 2.80. The van der Waals surface area contributed by atoms with E-state index in [1.54, 1.807) is 36.1 Å². The van der Waals surface area contributed by atoms with E-state index in [2.05, 4.69) is 20.1 Å². The molecule has 0 unspecified atom stereocenters. The van der Waals surface area contributed by atoms with Crippen molar-refractivity contribution in [1.82, 2.24) is 19.5 Å². The minimum atomic E-state index is -3.68. The Bertz CT molecular complexity index is 696. The van der Waals surface area contributed by atoms with Crippen LogP contribution in [-0.4, -0.2) is 29.7 Å². The van der Waals surface area contributed by atoms with Crippen molar-refractivity contribution >= 4 is 15.7 Å². The van der Waals surface area contributed by atoms with Crippen LogP contribution in [0, 0.1) is 0 Å². The topological polar surface area (TPSA) is 88.9 Å². The van der Waals surface area contributed by atoms with Crippen LogP contribution < -0.4 is 10.0 Å². The zero-order chi connectivity index (χ0) is 15.3. The number of nitrogens with one attached hydrogen (secondary N) is 2. The molecule has 21 heavy (non-hydrogen) atoms. The molecule has 7 nitrogen and oxygen atoms in total. The molecule has 0 spiro atoms. The van der Waals surface area contributed by atoms with E-state index in [1.807, 2.05) is 6.92 Å². The fourth-order valence-corrected chi connectivity index (χ4v) is 2.90. The molecule has 114 valence electrons. The molecule has 0 aliphatic heterocycles. The quantitative estimate of drug-likeness (QED) is 0.800. The summed E-state index contributed by atoms with van der Waals surface area (Å²) < 4.78 is 28.8. The highest BCUT2D eigenvalue weighted by atomic mass is 32.2. The van der Waals surface area contributed by atoms with Crippen LogP contribution in [0.25, 0.3) is 0 Å². The predicted octanol–water partition coefficient (Wildman–Crippen LogP) is 1.12. The van der Waals surface area contributed by atoms with Gasteiger partial charge in [0.15, 0.2) is 5.03 Å². The van der Waals surface area contributed by atoms with Gasteiger partial charge in [-0.3, -0.25) is 4.68 Å². The van der Waals surface area contributed by atoms with Gasteiger partial charge in [0.1, 0.15) is 0 Å². The van der Waals surface area contributed by atoms with E-state index in [1.165, 1.54) is 6.20 Å². The highest BCUT2D eigenvalue weighted by Crippen LogP contribution is 2.17. The first-order chi connectivity index (χ1) is 10.0. The molecular weight excluding hydrogens is 290 g/mol. The molecule has 2 aromatic rings. The summed E-state index contributed by atoms with van der Waals surface area (Å²) in [6.07, 6.45) is 4.13. The van der Waals surface area contributed by atoms with Crippen LogP contribution >= 0.6 is 0 Å². The smallest absolute Gasteiger partial charge is 0.260 e. The number of aromatic nitrogens is 3. The maximum absolute atomic E-state index is 12.3. The molecule has 0 aliphatic carbocycles. The van der Waals surface area contributed by atoms with Crippen molar-refractivity contribution in [2.45, 2.75) is 24.9 Å². The number of hydrogen-bond donors (Lipinski definition) is 2. The van der Waals surface area contributed by atoms with Gasteiger partial charge in [-0.2, -0.15) is 5.10 Å². The second-order valence-corrected chi connectivity index (χ2v) is 6.27. The average Bonchev–Trinajstić information content (AvgIpc) is 2.89. The van der Waals surface area contributed by atoms with Crippen molar-refractivity contribution in [3.8, 4) is 0 Å². The second kappa shape index (κ2) is 6.68. The van der Waals surface area contributed by atoms with Gasteiger partial charge in [-0.1, -0.05) is 6.92 Å². The van der Waals surface area contributed by atoms with E-state index >= 15 is 0 Å². The van der Waals surface area contributed by atoms with Crippen molar-refractivity contribution in [2.24, 2.45) is 7.05 Å². The molecule has 0 saturated heterocycles. The largest absolute Gasteiger partial charge is 0.383 e. The van der Waals surface area contributed by atoms with Gasteiger partial charge in [-0.25, -0.2) is 18.1 Å². The Morgan fingerprint density at radius 1 is 1.33 bits per heavy atom. The number of sulfonamides is 1. The van der Waals surface area contributed by atoms with Gasteiger partial charge < -0.3 is 5.32 Å². The third kappa shape index (κ3) is 4.02. The number of pyridine rings is 1. The van der Waals surface area contributed by atoms with Crippen LogP contribution in [0.4, 0.5) is 5.69 Å². The van der Waals surface area contributed by atoms with Gasteiger partial charge in [0.2, 0.25) is 0 Å². The molecule has 0 aromatic carbocycles. The van der Waals surface area contributed by atoms with Gasteiger partial charge in [0.05, 0.1) is 17.9 Å². The Balaban J connectivity index is 2.15. The summed E-state index contributed by atoms with van der Waals surface area (Å²) in [5, 5.41) is 7.21. The lowest BCUT2D eigenvalue weighted by Gasteiger charge is -2.11. The lowest BCUT2D eigenvalue weighted by molar-refractivity contribution is 0.576. The fourth-order valence-electron chi connectivity index (χ4n) is 1.79. The van der Waals surface area contributed by atoms with E-state index in [-0.39, 0.29) is 11.6 Å². The third-order valence-corrected chi connectivity index (χ3v) is 4.16. The number of rotatable bonds is 7. The molecule has 0 bridgehead atoms. The molecule has 0 amide bonds. The van der Waals surface area contributed by atoms with Gasteiger partial charge >= 0.3 is 0 Å². The maximum Gasteiger partial charge on any atom is 0.260 e. The van der Waals surface area contributed by atoms with Gasteiger partial charge in [0.25, 0.3) is 10.0 Å². The summed E-state index contributed by atoms with van der Waals surface area (Å²) in [6, 6.07) is 5.17. The first-order valence-electron chi connectivity index (χ1n) is 6.70. The monoisotopic (exact) mass is 309 g/mol. The number of nitrogens with zero attached hydrogens (tertiary/aromatic N) is 3. The minimum Gasteiger partial charge on any atom is -0.383 e. The van der Waals surface area contributed by atoms with Crippen molar-refractivity contribution in [1.29, 1.82) is 0 Å². The lowest BCUT2D eigenvalue weighted by Crippen LogP contribution is -2.25. The zero-order valence-corrected chi connectivity index (χ0v) is 12.9. The Kier molecular flexibility index (Phi) is 4.92. The second-order valence-electron chi connectivity index (χ2n) is 4.59. The van der Waals surface area contributed by atoms with Crippen LogP contribution in [0.5, 0.6) is 0 Å². The maximum atomic E-state index is 12.3. The molecule has 2 heterocycles. The number of anilines is 1. The highest BCUT2D eigenvalue weighted by molar-refractivity contribution is 7.89. The van der Waals surface area contributed by atoms with Crippen molar-refractivity contribution < 1.29 is 8.42 Å². The van der Waals surface area contributed by atoms with Crippen LogP contribution in [-0.2, 0) is 23.6 Å². The molecule has 8 heteroatoms. The van der Waals surface area contributed by atoms with E-state index in [9.17, 15) is 8.42 Å². The molecule has 0 saturated carbocycles. The normalized spacial score (nSPS) is 11.5. The van der Waals surface area contributed by atoms with Crippen LogP contribution in [0.1, 0.15) is 19.0 Å². The first-order valence-corrected chi connectivity index (χ1v) is 8.18. The van der Waals surface area contributed by atoms with Crippen LogP contribution in [0.2, 0.25) is 0 Å². The molecular formula is C13H19N5O2S. The number of hydrogen-bond acceptors (Lipinski definition) is 5. The van der Waals surface area contributed by atoms with Crippen LogP contribution in [0.3, 0.4) is 0 Å². The molecule has 0 radical (unpaired) electrons. The highest BCUT2D eigenvalue weighted by Gasteiger charge is 2.20. The number of aryl methyl sites for hydroxylation is 1.